The average Bonchev–Trinajstić information content (AvgIpc) is 3.46. The minimum atomic E-state index is -0.177. The van der Waals surface area contributed by atoms with E-state index in [1.807, 2.05) is 0 Å². The van der Waals surface area contributed by atoms with E-state index in [1.54, 1.807) is 31.2 Å². The van der Waals surface area contributed by atoms with Crippen molar-refractivity contribution in [3.63, 3.8) is 0 Å². The van der Waals surface area contributed by atoms with Crippen molar-refractivity contribution in [2.75, 3.05) is 39.5 Å². The number of carbonyl (C=O) groups excluding carboxylic acids is 2. The highest BCUT2D eigenvalue weighted by Gasteiger charge is 2.09. The molecule has 1 aromatic heterocycles. The summed E-state index contributed by atoms with van der Waals surface area (Å²) >= 11 is 0. The number of nitrogens with zero attached hydrogens (tertiary/aromatic N) is 2. The van der Waals surface area contributed by atoms with Crippen LogP contribution in [0.15, 0.2) is 53.0 Å². The Balaban J connectivity index is 1.32. The van der Waals surface area contributed by atoms with E-state index >= 15 is 0 Å². The third-order valence-electron chi connectivity index (χ3n) is 6.75. The summed E-state index contributed by atoms with van der Waals surface area (Å²) in [5.74, 6) is 0.825. The predicted octanol–water partition coefficient (Wildman–Crippen LogP) is 6.74. The number of allylic oxidation sites excluding steroid dienone is 4. The van der Waals surface area contributed by atoms with Crippen molar-refractivity contribution in [1.82, 2.24) is 20.8 Å². The van der Waals surface area contributed by atoms with Crippen molar-refractivity contribution in [3.05, 3.63) is 60.0 Å². The first-order chi connectivity index (χ1) is 21.1. The van der Waals surface area contributed by atoms with Crippen LogP contribution in [0.2, 0.25) is 0 Å². The topological polar surface area (TPSA) is 116 Å². The van der Waals surface area contributed by atoms with Gasteiger partial charge < -0.3 is 24.5 Å². The van der Waals surface area contributed by atoms with Crippen LogP contribution in [-0.2, 0) is 14.3 Å². The minimum absolute atomic E-state index is 0.0839. The SMILES string of the molecule is CCCCC/C=C\C/C=C\CCCCCCCC(=O)NCCOCCOCCNC(=O)c1ccc(-c2nnc(C)o2)cc1. The number of aromatic nitrogens is 2. The van der Waals surface area contributed by atoms with Gasteiger partial charge in [-0.15, -0.1) is 10.2 Å². The first kappa shape index (κ1) is 35.9. The molecule has 0 unspecified atom stereocenters. The number of aryl methyl sites for hydroxylation is 1. The summed E-state index contributed by atoms with van der Waals surface area (Å²) in [5.41, 5.74) is 1.30. The van der Waals surface area contributed by atoms with Crippen LogP contribution in [0.25, 0.3) is 11.5 Å². The molecule has 238 valence electrons. The Labute approximate surface area is 257 Å². The molecule has 9 heteroatoms. The molecular formula is C34H52N4O5. The highest BCUT2D eigenvalue weighted by molar-refractivity contribution is 5.94. The van der Waals surface area contributed by atoms with Gasteiger partial charge in [0.25, 0.3) is 5.91 Å². The first-order valence-electron chi connectivity index (χ1n) is 16.0. The summed E-state index contributed by atoms with van der Waals surface area (Å²) in [5, 5.41) is 13.5. The summed E-state index contributed by atoms with van der Waals surface area (Å²) in [4.78, 5) is 24.3. The molecule has 2 N–H and O–H groups in total. The Morgan fingerprint density at radius 3 is 2.05 bits per heavy atom. The molecule has 0 fully saturated rings. The molecule has 0 atom stereocenters. The van der Waals surface area contributed by atoms with E-state index in [0.717, 1.165) is 31.2 Å². The lowest BCUT2D eigenvalue weighted by Crippen LogP contribution is -2.28. The zero-order valence-corrected chi connectivity index (χ0v) is 26.3. The van der Waals surface area contributed by atoms with E-state index in [4.69, 9.17) is 13.9 Å². The second-order valence-corrected chi connectivity index (χ2v) is 10.5. The predicted molar refractivity (Wildman–Crippen MR) is 171 cm³/mol. The number of hydrogen-bond acceptors (Lipinski definition) is 7. The molecule has 0 saturated carbocycles. The summed E-state index contributed by atoms with van der Waals surface area (Å²) in [6, 6.07) is 6.98. The number of unbranched alkanes of at least 4 members (excludes halogenated alkanes) is 8. The van der Waals surface area contributed by atoms with Gasteiger partial charge in [-0.25, -0.2) is 0 Å². The van der Waals surface area contributed by atoms with Gasteiger partial charge in [-0.3, -0.25) is 9.59 Å². The fourth-order valence-electron chi connectivity index (χ4n) is 4.29. The van der Waals surface area contributed by atoms with Crippen LogP contribution in [0.3, 0.4) is 0 Å². The normalized spacial score (nSPS) is 11.5. The Morgan fingerprint density at radius 2 is 1.40 bits per heavy atom. The first-order valence-corrected chi connectivity index (χ1v) is 16.0. The summed E-state index contributed by atoms with van der Waals surface area (Å²) in [7, 11) is 0. The maximum Gasteiger partial charge on any atom is 0.251 e. The number of hydrogen-bond donors (Lipinski definition) is 2. The fourth-order valence-corrected chi connectivity index (χ4v) is 4.29. The molecule has 0 saturated heterocycles. The van der Waals surface area contributed by atoms with Crippen LogP contribution >= 0.6 is 0 Å². The van der Waals surface area contributed by atoms with Crippen LogP contribution in [0.4, 0.5) is 0 Å². The molecule has 0 radical (unpaired) electrons. The van der Waals surface area contributed by atoms with Gasteiger partial charge in [0.15, 0.2) is 0 Å². The second-order valence-electron chi connectivity index (χ2n) is 10.5. The molecule has 9 nitrogen and oxygen atoms in total. The lowest BCUT2D eigenvalue weighted by molar-refractivity contribution is -0.121. The van der Waals surface area contributed by atoms with E-state index in [1.165, 1.54) is 44.9 Å². The number of nitrogens with one attached hydrogen (secondary N) is 2. The van der Waals surface area contributed by atoms with Crippen molar-refractivity contribution in [2.24, 2.45) is 0 Å². The average molecular weight is 597 g/mol. The Bertz CT molecular complexity index is 1060. The molecular weight excluding hydrogens is 544 g/mol. The maximum absolute atomic E-state index is 12.3. The molecule has 0 aliphatic carbocycles. The van der Waals surface area contributed by atoms with Crippen molar-refractivity contribution in [3.8, 4) is 11.5 Å². The Hall–Kier alpha value is -3.30. The minimum Gasteiger partial charge on any atom is -0.421 e. The maximum atomic E-state index is 12.3. The van der Waals surface area contributed by atoms with Crippen LogP contribution in [-0.4, -0.2) is 61.5 Å². The van der Waals surface area contributed by atoms with Gasteiger partial charge in [0.2, 0.25) is 17.7 Å². The Morgan fingerprint density at radius 1 is 0.767 bits per heavy atom. The van der Waals surface area contributed by atoms with Crippen LogP contribution in [0.1, 0.15) is 100 Å². The molecule has 1 aromatic carbocycles. The number of ether oxygens (including phenoxy) is 2. The summed E-state index contributed by atoms with van der Waals surface area (Å²) < 4.78 is 16.4. The molecule has 0 bridgehead atoms. The summed E-state index contributed by atoms with van der Waals surface area (Å²) in [6.45, 7) is 6.56. The molecule has 43 heavy (non-hydrogen) atoms. The third kappa shape index (κ3) is 18.1. The van der Waals surface area contributed by atoms with Crippen molar-refractivity contribution >= 4 is 11.8 Å². The van der Waals surface area contributed by atoms with E-state index < -0.39 is 0 Å². The van der Waals surface area contributed by atoms with E-state index in [2.05, 4.69) is 52.1 Å². The lowest BCUT2D eigenvalue weighted by Gasteiger charge is -2.08. The van der Waals surface area contributed by atoms with Crippen LogP contribution in [0, 0.1) is 6.92 Å². The lowest BCUT2D eigenvalue weighted by atomic mass is 10.1. The molecule has 0 aliphatic rings. The van der Waals surface area contributed by atoms with Gasteiger partial charge in [-0.2, -0.15) is 0 Å². The summed E-state index contributed by atoms with van der Waals surface area (Å²) in [6.07, 6.45) is 22.7. The zero-order valence-electron chi connectivity index (χ0n) is 26.3. The highest BCUT2D eigenvalue weighted by atomic mass is 16.5. The van der Waals surface area contributed by atoms with Gasteiger partial charge >= 0.3 is 0 Å². The zero-order chi connectivity index (χ0) is 30.8. The molecule has 0 aliphatic heterocycles. The van der Waals surface area contributed by atoms with Crippen molar-refractivity contribution in [2.45, 2.75) is 90.9 Å². The van der Waals surface area contributed by atoms with Crippen LogP contribution < -0.4 is 10.6 Å². The number of rotatable bonds is 25. The molecule has 0 spiro atoms. The largest absolute Gasteiger partial charge is 0.421 e. The molecule has 1 heterocycles. The number of benzene rings is 1. The second kappa shape index (κ2) is 24.2. The number of amides is 2. The fraction of sp³-hybridized carbons (Fsp3) is 0.588. The molecule has 2 aromatic rings. The molecule has 2 amide bonds. The van der Waals surface area contributed by atoms with Crippen molar-refractivity contribution in [1.29, 1.82) is 0 Å². The standard InChI is InChI=1S/C34H52N4O5/c1-3-4-5-6-7-8-9-10-11-12-13-14-15-16-17-18-32(39)35-23-25-41-27-28-42-26-24-36-33(40)30-19-21-31(22-20-30)34-38-37-29(2)43-34/h7-8,10-11,19-22H,3-6,9,12-18,23-28H2,1-2H3,(H,35,39)(H,36,40)/b8-7-,11-10-. The highest BCUT2D eigenvalue weighted by Crippen LogP contribution is 2.18. The Kier molecular flexibility index (Phi) is 20.2. The van der Waals surface area contributed by atoms with E-state index in [0.29, 0.717) is 63.3 Å². The van der Waals surface area contributed by atoms with Crippen molar-refractivity contribution < 1.29 is 23.5 Å². The quantitative estimate of drug-likeness (QED) is 0.0964. The van der Waals surface area contributed by atoms with Crippen LogP contribution in [0.5, 0.6) is 0 Å². The third-order valence-corrected chi connectivity index (χ3v) is 6.75. The van der Waals surface area contributed by atoms with E-state index in [9.17, 15) is 9.59 Å². The molecule has 2 rings (SSSR count). The van der Waals surface area contributed by atoms with Gasteiger partial charge in [0.05, 0.1) is 26.4 Å². The van der Waals surface area contributed by atoms with Gasteiger partial charge in [-0.05, 0) is 62.8 Å². The van der Waals surface area contributed by atoms with Gasteiger partial charge in [0.1, 0.15) is 0 Å². The van der Waals surface area contributed by atoms with Gasteiger partial charge in [0, 0.05) is 37.6 Å². The number of carbonyl (C=O) groups is 2. The van der Waals surface area contributed by atoms with E-state index in [-0.39, 0.29) is 11.8 Å². The van der Waals surface area contributed by atoms with Gasteiger partial charge in [-0.1, -0.05) is 63.3 Å². The smallest absolute Gasteiger partial charge is 0.251 e. The monoisotopic (exact) mass is 596 g/mol.